The van der Waals surface area contributed by atoms with Crippen LogP contribution in [0.1, 0.15) is 39.2 Å². The standard InChI is InChI=1S/C24H31BrFN3O4S/c1-17(2)27-24(31)18(3)28(16-19-7-5-8-20(25)15-19)23(30)9-6-14-29(34(4,32)33)22-12-10-21(26)11-13-22/h5,7-8,10-13,15,17-18H,6,9,14,16H2,1-4H3,(H,27,31)/t18-/m0/s1. The number of benzene rings is 2. The van der Waals surface area contributed by atoms with Crippen LogP contribution < -0.4 is 9.62 Å². The molecule has 0 aliphatic heterocycles. The van der Waals surface area contributed by atoms with E-state index in [1.807, 2.05) is 38.1 Å². The topological polar surface area (TPSA) is 86.8 Å². The number of nitrogens with zero attached hydrogens (tertiary/aromatic N) is 2. The van der Waals surface area contributed by atoms with E-state index in [4.69, 9.17) is 0 Å². The summed E-state index contributed by atoms with van der Waals surface area (Å²) in [4.78, 5) is 27.3. The van der Waals surface area contributed by atoms with Gasteiger partial charge in [-0.05, 0) is 69.2 Å². The Bertz CT molecular complexity index is 1090. The summed E-state index contributed by atoms with van der Waals surface area (Å²) in [6.45, 7) is 5.65. The Morgan fingerprint density at radius 1 is 1.09 bits per heavy atom. The zero-order valence-electron chi connectivity index (χ0n) is 19.8. The molecule has 0 heterocycles. The van der Waals surface area contributed by atoms with Crippen LogP contribution in [0.3, 0.4) is 0 Å². The lowest BCUT2D eigenvalue weighted by atomic mass is 10.1. The van der Waals surface area contributed by atoms with Gasteiger partial charge >= 0.3 is 0 Å². The highest BCUT2D eigenvalue weighted by Gasteiger charge is 2.27. The molecule has 0 aliphatic carbocycles. The van der Waals surface area contributed by atoms with Crippen molar-refractivity contribution in [1.29, 1.82) is 0 Å². The average molecular weight is 556 g/mol. The molecule has 0 aromatic heterocycles. The van der Waals surface area contributed by atoms with Gasteiger partial charge in [0, 0.05) is 30.0 Å². The summed E-state index contributed by atoms with van der Waals surface area (Å²) < 4.78 is 39.8. The van der Waals surface area contributed by atoms with Crippen LogP contribution in [-0.2, 0) is 26.2 Å². The monoisotopic (exact) mass is 555 g/mol. The van der Waals surface area contributed by atoms with E-state index in [0.717, 1.165) is 20.6 Å². The maximum absolute atomic E-state index is 13.3. The van der Waals surface area contributed by atoms with E-state index >= 15 is 0 Å². The van der Waals surface area contributed by atoms with Crippen LogP contribution in [0.2, 0.25) is 0 Å². The third-order valence-electron chi connectivity index (χ3n) is 5.11. The number of amides is 2. The second kappa shape index (κ2) is 12.3. The summed E-state index contributed by atoms with van der Waals surface area (Å²) in [5.41, 5.74) is 1.18. The molecule has 2 aromatic rings. The van der Waals surface area contributed by atoms with Gasteiger partial charge in [-0.3, -0.25) is 13.9 Å². The number of rotatable bonds is 11. The molecule has 1 N–H and O–H groups in total. The lowest BCUT2D eigenvalue weighted by Gasteiger charge is -2.30. The van der Waals surface area contributed by atoms with Crippen molar-refractivity contribution in [2.45, 2.75) is 52.2 Å². The largest absolute Gasteiger partial charge is 0.352 e. The summed E-state index contributed by atoms with van der Waals surface area (Å²) in [7, 11) is -3.63. The Labute approximate surface area is 209 Å². The molecular weight excluding hydrogens is 525 g/mol. The van der Waals surface area contributed by atoms with Gasteiger partial charge in [0.15, 0.2) is 0 Å². The minimum absolute atomic E-state index is 0.0422. The van der Waals surface area contributed by atoms with Crippen LogP contribution in [0.4, 0.5) is 10.1 Å². The van der Waals surface area contributed by atoms with Crippen molar-refractivity contribution < 1.29 is 22.4 Å². The molecule has 10 heteroatoms. The number of carbonyl (C=O) groups is 2. The van der Waals surface area contributed by atoms with Crippen molar-refractivity contribution in [3.63, 3.8) is 0 Å². The summed E-state index contributed by atoms with van der Waals surface area (Å²) in [5.74, 6) is -0.995. The molecule has 2 aromatic carbocycles. The van der Waals surface area contributed by atoms with Crippen molar-refractivity contribution in [2.75, 3.05) is 17.1 Å². The Morgan fingerprint density at radius 3 is 2.29 bits per heavy atom. The van der Waals surface area contributed by atoms with Gasteiger partial charge in [-0.25, -0.2) is 12.8 Å². The molecule has 0 spiro atoms. The first-order chi connectivity index (χ1) is 15.9. The fraction of sp³-hybridized carbons (Fsp3) is 0.417. The molecule has 0 aliphatic rings. The second-order valence-electron chi connectivity index (χ2n) is 8.41. The zero-order valence-corrected chi connectivity index (χ0v) is 22.2. The second-order valence-corrected chi connectivity index (χ2v) is 11.2. The van der Waals surface area contributed by atoms with Crippen LogP contribution in [0, 0.1) is 5.82 Å². The molecule has 34 heavy (non-hydrogen) atoms. The molecule has 0 saturated heterocycles. The first-order valence-electron chi connectivity index (χ1n) is 11.0. The van der Waals surface area contributed by atoms with E-state index in [1.54, 1.807) is 6.92 Å². The molecule has 0 saturated carbocycles. The van der Waals surface area contributed by atoms with Gasteiger partial charge in [0.05, 0.1) is 11.9 Å². The first-order valence-corrected chi connectivity index (χ1v) is 13.6. The van der Waals surface area contributed by atoms with E-state index in [2.05, 4.69) is 21.2 Å². The van der Waals surface area contributed by atoms with Gasteiger partial charge in [-0.15, -0.1) is 0 Å². The highest BCUT2D eigenvalue weighted by molar-refractivity contribution is 9.10. The van der Waals surface area contributed by atoms with E-state index < -0.39 is 21.9 Å². The number of anilines is 1. The molecule has 7 nitrogen and oxygen atoms in total. The molecule has 0 radical (unpaired) electrons. The minimum atomic E-state index is -3.63. The van der Waals surface area contributed by atoms with Crippen molar-refractivity contribution in [2.24, 2.45) is 0 Å². The predicted octanol–water partition coefficient (Wildman–Crippen LogP) is 4.08. The number of halogens is 2. The van der Waals surface area contributed by atoms with E-state index in [-0.39, 0.29) is 43.8 Å². The van der Waals surface area contributed by atoms with Gasteiger partial charge < -0.3 is 10.2 Å². The normalized spacial score (nSPS) is 12.3. The first kappa shape index (κ1) is 27.8. The van der Waals surface area contributed by atoms with Gasteiger partial charge in [0.25, 0.3) is 0 Å². The molecule has 186 valence electrons. The molecular formula is C24H31BrFN3O4S. The SMILES string of the molecule is CC(C)NC(=O)[C@H](C)N(Cc1cccc(Br)c1)C(=O)CCCN(c1ccc(F)cc1)S(C)(=O)=O. The maximum Gasteiger partial charge on any atom is 0.242 e. The number of nitrogens with one attached hydrogen (secondary N) is 1. The van der Waals surface area contributed by atoms with Gasteiger partial charge in [-0.1, -0.05) is 28.1 Å². The summed E-state index contributed by atoms with van der Waals surface area (Å²) in [6, 6.07) is 11.8. The molecule has 2 rings (SSSR count). The third-order valence-corrected chi connectivity index (χ3v) is 6.79. The van der Waals surface area contributed by atoms with Crippen LogP contribution >= 0.6 is 15.9 Å². The predicted molar refractivity (Wildman–Crippen MR) is 135 cm³/mol. The molecule has 0 bridgehead atoms. The van der Waals surface area contributed by atoms with Crippen LogP contribution in [0.25, 0.3) is 0 Å². The maximum atomic E-state index is 13.3. The van der Waals surface area contributed by atoms with Gasteiger partial charge in [0.1, 0.15) is 11.9 Å². The minimum Gasteiger partial charge on any atom is -0.352 e. The Balaban J connectivity index is 2.16. The highest BCUT2D eigenvalue weighted by atomic mass is 79.9. The summed E-state index contributed by atoms with van der Waals surface area (Å²) in [6.07, 6.45) is 1.34. The molecule has 0 fully saturated rings. The van der Waals surface area contributed by atoms with Crippen molar-refractivity contribution in [1.82, 2.24) is 10.2 Å². The number of sulfonamides is 1. The number of hydrogen-bond acceptors (Lipinski definition) is 4. The average Bonchev–Trinajstić information content (AvgIpc) is 2.74. The fourth-order valence-electron chi connectivity index (χ4n) is 3.43. The Morgan fingerprint density at radius 2 is 1.74 bits per heavy atom. The zero-order chi connectivity index (χ0) is 25.5. The van der Waals surface area contributed by atoms with Gasteiger partial charge in [0.2, 0.25) is 21.8 Å². The van der Waals surface area contributed by atoms with Gasteiger partial charge in [-0.2, -0.15) is 0 Å². The number of carbonyl (C=O) groups excluding carboxylic acids is 2. The lowest BCUT2D eigenvalue weighted by Crippen LogP contribution is -2.49. The number of hydrogen-bond donors (Lipinski definition) is 1. The third kappa shape index (κ3) is 8.39. The lowest BCUT2D eigenvalue weighted by molar-refractivity contribution is -0.140. The smallest absolute Gasteiger partial charge is 0.242 e. The Kier molecular flexibility index (Phi) is 10.1. The highest BCUT2D eigenvalue weighted by Crippen LogP contribution is 2.20. The van der Waals surface area contributed by atoms with Crippen LogP contribution in [0.15, 0.2) is 53.0 Å². The van der Waals surface area contributed by atoms with E-state index in [9.17, 15) is 22.4 Å². The van der Waals surface area contributed by atoms with Crippen LogP contribution in [-0.4, -0.2) is 50.0 Å². The quantitative estimate of drug-likeness (QED) is 0.452. The van der Waals surface area contributed by atoms with Crippen LogP contribution in [0.5, 0.6) is 0 Å². The fourth-order valence-corrected chi connectivity index (χ4v) is 4.84. The molecule has 1 atom stereocenters. The van der Waals surface area contributed by atoms with Crippen molar-refractivity contribution >= 4 is 43.5 Å². The van der Waals surface area contributed by atoms with Crippen molar-refractivity contribution in [3.8, 4) is 0 Å². The molecule has 0 unspecified atom stereocenters. The summed E-state index contributed by atoms with van der Waals surface area (Å²) >= 11 is 3.42. The Hall–Kier alpha value is -2.46. The summed E-state index contributed by atoms with van der Waals surface area (Å²) in [5, 5.41) is 2.84. The van der Waals surface area contributed by atoms with Crippen molar-refractivity contribution in [3.05, 3.63) is 64.4 Å². The van der Waals surface area contributed by atoms with E-state index in [0.29, 0.717) is 5.69 Å². The van der Waals surface area contributed by atoms with E-state index in [1.165, 1.54) is 29.2 Å². The molecule has 2 amide bonds.